The van der Waals surface area contributed by atoms with Gasteiger partial charge in [0.15, 0.2) is 9.84 Å². The second kappa shape index (κ2) is 9.00. The Kier molecular flexibility index (Phi) is 6.98. The van der Waals surface area contributed by atoms with E-state index in [1.807, 2.05) is 6.08 Å². The van der Waals surface area contributed by atoms with E-state index in [1.165, 1.54) is 41.4 Å². The molecule has 3 nitrogen and oxygen atoms in total. The largest absolute Gasteiger partial charge is 0.393 e. The summed E-state index contributed by atoms with van der Waals surface area (Å²) in [5.41, 5.74) is 5.56. The average molecular weight is 431 g/mol. The van der Waals surface area contributed by atoms with Gasteiger partial charge < -0.3 is 5.11 Å². The van der Waals surface area contributed by atoms with Crippen molar-refractivity contribution in [2.45, 2.75) is 78.2 Å². The Hall–Kier alpha value is -1.39. The van der Waals surface area contributed by atoms with Crippen LogP contribution in [-0.2, 0) is 9.84 Å². The zero-order chi connectivity index (χ0) is 22.1. The Morgan fingerprint density at radius 1 is 1.37 bits per heavy atom. The Morgan fingerprint density at radius 2 is 2.10 bits per heavy atom. The van der Waals surface area contributed by atoms with E-state index < -0.39 is 9.84 Å². The van der Waals surface area contributed by atoms with Gasteiger partial charge in [0.2, 0.25) is 0 Å². The maximum atomic E-state index is 11.7. The summed E-state index contributed by atoms with van der Waals surface area (Å²) in [6.07, 6.45) is 17.7. The Bertz CT molecular complexity index is 916. The van der Waals surface area contributed by atoms with Gasteiger partial charge in [-0.2, -0.15) is 0 Å². The number of aliphatic hydroxyl groups is 1. The highest BCUT2D eigenvalue weighted by Crippen LogP contribution is 2.57. The third-order valence-electron chi connectivity index (χ3n) is 7.67. The van der Waals surface area contributed by atoms with Crippen LogP contribution in [0.4, 0.5) is 0 Å². The third-order valence-corrected chi connectivity index (χ3v) is 9.01. The van der Waals surface area contributed by atoms with Crippen molar-refractivity contribution in [3.63, 3.8) is 0 Å². The van der Waals surface area contributed by atoms with Gasteiger partial charge in [0.1, 0.15) is 0 Å². The van der Waals surface area contributed by atoms with Crippen molar-refractivity contribution in [3.8, 4) is 0 Å². The molecule has 0 heterocycles. The molecule has 0 spiro atoms. The molecule has 2 saturated carbocycles. The van der Waals surface area contributed by atoms with Gasteiger partial charge in [-0.05, 0) is 81.1 Å². The summed E-state index contributed by atoms with van der Waals surface area (Å²) in [7, 11) is -3.09. The fourth-order valence-corrected chi connectivity index (χ4v) is 6.03. The van der Waals surface area contributed by atoms with Crippen molar-refractivity contribution >= 4 is 9.84 Å². The molecule has 0 bridgehead atoms. The average Bonchev–Trinajstić information content (AvgIpc) is 3.03. The molecule has 30 heavy (non-hydrogen) atoms. The lowest BCUT2D eigenvalue weighted by atomic mass is 9.62. The summed E-state index contributed by atoms with van der Waals surface area (Å²) in [6, 6.07) is 0. The molecule has 3 aliphatic rings. The maximum Gasteiger partial charge on any atom is 0.171 e. The third kappa shape index (κ3) is 4.91. The summed E-state index contributed by atoms with van der Waals surface area (Å²) in [5.74, 6) is 0.880. The first-order valence-corrected chi connectivity index (χ1v) is 13.2. The molecule has 0 radical (unpaired) electrons. The first kappa shape index (κ1) is 23.3. The molecule has 0 amide bonds. The second-order valence-electron chi connectivity index (χ2n) is 9.88. The summed E-state index contributed by atoms with van der Waals surface area (Å²) in [4.78, 5) is 0.473. The molecule has 2 fully saturated rings. The molecule has 1 N–H and O–H groups in total. The Balaban J connectivity index is 1.77. The molecule has 0 saturated heterocycles. The molecule has 2 unspecified atom stereocenters. The molecule has 4 atom stereocenters. The number of hydrogen-bond acceptors (Lipinski definition) is 3. The van der Waals surface area contributed by atoms with Gasteiger partial charge in [0, 0.05) is 11.2 Å². The molecule has 0 aromatic heterocycles. The van der Waals surface area contributed by atoms with Gasteiger partial charge in [-0.15, -0.1) is 0 Å². The zero-order valence-electron chi connectivity index (χ0n) is 19.1. The minimum atomic E-state index is -3.09. The predicted octanol–water partition coefficient (Wildman–Crippen LogP) is 6.05. The highest BCUT2D eigenvalue weighted by Gasteiger charge is 2.45. The number of allylic oxidation sites excluding steroid dienone is 8. The number of rotatable bonds is 5. The van der Waals surface area contributed by atoms with Crippen LogP contribution in [0.2, 0.25) is 0 Å². The van der Waals surface area contributed by atoms with Crippen molar-refractivity contribution in [2.24, 2.45) is 17.3 Å². The van der Waals surface area contributed by atoms with Gasteiger partial charge in [-0.3, -0.25) is 0 Å². The first-order chi connectivity index (χ1) is 14.0. The SMILES string of the molecule is C=C1CCC(O)C/C1=C/C=C1\CCC[C@]2(C)C(C(C)C/C=C(\C)S(C)(=O)=O)=CC[C@@H]12. The number of sulfone groups is 1. The molecule has 4 heteroatoms. The predicted molar refractivity (Wildman–Crippen MR) is 126 cm³/mol. The topological polar surface area (TPSA) is 54.4 Å². The molecule has 3 aliphatic carbocycles. The van der Waals surface area contributed by atoms with Crippen molar-refractivity contribution in [1.82, 2.24) is 0 Å². The maximum absolute atomic E-state index is 11.7. The van der Waals surface area contributed by atoms with Gasteiger partial charge in [-0.1, -0.05) is 61.4 Å². The van der Waals surface area contributed by atoms with E-state index in [-0.39, 0.29) is 11.5 Å². The van der Waals surface area contributed by atoms with Crippen LogP contribution in [0.25, 0.3) is 0 Å². The van der Waals surface area contributed by atoms with Crippen molar-refractivity contribution in [1.29, 1.82) is 0 Å². The molecule has 3 rings (SSSR count). The van der Waals surface area contributed by atoms with Crippen LogP contribution >= 0.6 is 0 Å². The fourth-order valence-electron chi connectivity index (χ4n) is 5.63. The Labute approximate surface area is 183 Å². The van der Waals surface area contributed by atoms with E-state index in [2.05, 4.69) is 38.7 Å². The zero-order valence-corrected chi connectivity index (χ0v) is 19.9. The van der Waals surface area contributed by atoms with Gasteiger partial charge in [0.25, 0.3) is 0 Å². The molecule has 166 valence electrons. The molecular weight excluding hydrogens is 392 g/mol. The van der Waals surface area contributed by atoms with Crippen molar-refractivity contribution in [3.05, 3.63) is 58.1 Å². The highest BCUT2D eigenvalue weighted by molar-refractivity contribution is 7.94. The second-order valence-corrected chi connectivity index (χ2v) is 12.1. The van der Waals surface area contributed by atoms with Crippen LogP contribution in [-0.4, -0.2) is 25.9 Å². The summed E-state index contributed by atoms with van der Waals surface area (Å²) < 4.78 is 23.5. The number of fused-ring (bicyclic) bond motifs is 1. The van der Waals surface area contributed by atoms with Gasteiger partial charge in [-0.25, -0.2) is 8.42 Å². The molecule has 0 aliphatic heterocycles. The smallest absolute Gasteiger partial charge is 0.171 e. The number of aliphatic hydroxyl groups excluding tert-OH is 1. The van der Waals surface area contributed by atoms with E-state index in [9.17, 15) is 13.5 Å². The van der Waals surface area contributed by atoms with Crippen LogP contribution in [0.1, 0.15) is 72.1 Å². The minimum Gasteiger partial charge on any atom is -0.393 e. The lowest BCUT2D eigenvalue weighted by molar-refractivity contribution is 0.158. The summed E-state index contributed by atoms with van der Waals surface area (Å²) in [6.45, 7) is 10.5. The Morgan fingerprint density at radius 3 is 2.80 bits per heavy atom. The number of hydrogen-bond donors (Lipinski definition) is 1. The van der Waals surface area contributed by atoms with E-state index in [1.54, 1.807) is 6.92 Å². The normalized spacial score (nSPS) is 34.2. The summed E-state index contributed by atoms with van der Waals surface area (Å²) in [5, 5.41) is 10.0. The van der Waals surface area contributed by atoms with Crippen LogP contribution in [0, 0.1) is 17.3 Å². The minimum absolute atomic E-state index is 0.165. The van der Waals surface area contributed by atoms with E-state index in [4.69, 9.17) is 0 Å². The van der Waals surface area contributed by atoms with E-state index in [0.717, 1.165) is 38.5 Å². The van der Waals surface area contributed by atoms with Gasteiger partial charge >= 0.3 is 0 Å². The van der Waals surface area contributed by atoms with E-state index in [0.29, 0.717) is 16.7 Å². The van der Waals surface area contributed by atoms with Crippen LogP contribution < -0.4 is 0 Å². The molecule has 0 aromatic carbocycles. The first-order valence-electron chi connectivity index (χ1n) is 11.4. The summed E-state index contributed by atoms with van der Waals surface area (Å²) >= 11 is 0. The standard InChI is InChI=1S/C26H38O3S/c1-18-9-13-23(27)17-22(18)12-11-21-7-6-16-26(4)24(14-15-25(21)26)19(2)8-10-20(3)30(5,28)29/h10-12,14,19,23,25,27H,1,6-9,13,15-17H2,2-5H3/b20-10+,21-11+,22-12-/t19?,23?,25-,26+/m0/s1. The fraction of sp³-hybridized carbons (Fsp3) is 0.615. The monoisotopic (exact) mass is 430 g/mol. The molecule has 0 aromatic rings. The van der Waals surface area contributed by atoms with Crippen LogP contribution in [0.3, 0.4) is 0 Å². The van der Waals surface area contributed by atoms with Gasteiger partial charge in [0.05, 0.1) is 6.10 Å². The lowest BCUT2D eigenvalue weighted by Gasteiger charge is -2.42. The highest BCUT2D eigenvalue weighted by atomic mass is 32.2. The molecular formula is C26H38O3S. The van der Waals surface area contributed by atoms with Crippen molar-refractivity contribution in [2.75, 3.05) is 6.26 Å². The van der Waals surface area contributed by atoms with E-state index >= 15 is 0 Å². The van der Waals surface area contributed by atoms with Crippen LogP contribution in [0.15, 0.2) is 58.1 Å². The lowest BCUT2D eigenvalue weighted by Crippen LogP contribution is -2.32. The van der Waals surface area contributed by atoms with Crippen molar-refractivity contribution < 1.29 is 13.5 Å². The van der Waals surface area contributed by atoms with Crippen LogP contribution in [0.5, 0.6) is 0 Å². The quantitative estimate of drug-likeness (QED) is 0.540.